The molecule has 1 heterocycles. The quantitative estimate of drug-likeness (QED) is 0.728. The van der Waals surface area contributed by atoms with Crippen LogP contribution in [0.1, 0.15) is 68.3 Å². The fourth-order valence-corrected chi connectivity index (χ4v) is 3.46. The molecule has 1 aromatic rings. The third kappa shape index (κ3) is 5.41. The lowest BCUT2D eigenvalue weighted by Gasteiger charge is -2.38. The van der Waals surface area contributed by atoms with Gasteiger partial charge in [0.25, 0.3) is 0 Å². The summed E-state index contributed by atoms with van der Waals surface area (Å²) in [6.45, 7) is 6.09. The van der Waals surface area contributed by atoms with Crippen LogP contribution in [0.2, 0.25) is 0 Å². The third-order valence-corrected chi connectivity index (χ3v) is 5.36. The zero-order chi connectivity index (χ0) is 22.1. The topological polar surface area (TPSA) is 85.3 Å². The molecule has 1 amide bonds. The summed E-state index contributed by atoms with van der Waals surface area (Å²) in [6.07, 6.45) is 2.14. The number of hydrogen-bond acceptors (Lipinski definition) is 6. The molecule has 0 unspecified atom stereocenters. The maximum Gasteiger partial charge on any atom is 0.410 e. The Labute approximate surface area is 176 Å². The van der Waals surface area contributed by atoms with Crippen LogP contribution < -0.4 is 4.74 Å². The Kier molecular flexibility index (Phi) is 6.26. The van der Waals surface area contributed by atoms with Gasteiger partial charge in [0.05, 0.1) is 12.7 Å². The minimum Gasteiger partial charge on any atom is -0.490 e. The summed E-state index contributed by atoms with van der Waals surface area (Å²) in [5.74, 6) is -0.889. The molecule has 8 heteroatoms. The number of carbonyl (C=O) groups is 2. The van der Waals surface area contributed by atoms with E-state index in [2.05, 4.69) is 4.74 Å². The summed E-state index contributed by atoms with van der Waals surface area (Å²) in [5.41, 5.74) is -1.06. The first-order chi connectivity index (χ1) is 14.0. The van der Waals surface area contributed by atoms with Crippen molar-refractivity contribution in [3.05, 3.63) is 29.1 Å². The predicted octanol–water partition coefficient (Wildman–Crippen LogP) is 3.63. The van der Waals surface area contributed by atoms with Gasteiger partial charge in [-0.25, -0.2) is 14.0 Å². The molecule has 1 saturated carbocycles. The van der Waals surface area contributed by atoms with Gasteiger partial charge in [-0.3, -0.25) is 0 Å². The van der Waals surface area contributed by atoms with E-state index < -0.39 is 29.1 Å². The minimum atomic E-state index is -1.13. The van der Waals surface area contributed by atoms with E-state index in [4.69, 9.17) is 9.47 Å². The van der Waals surface area contributed by atoms with Crippen LogP contribution in [-0.2, 0) is 9.47 Å². The van der Waals surface area contributed by atoms with Crippen molar-refractivity contribution in [2.75, 3.05) is 26.8 Å². The van der Waals surface area contributed by atoms with Crippen molar-refractivity contribution in [2.24, 2.45) is 0 Å². The average molecular weight is 423 g/mol. The van der Waals surface area contributed by atoms with E-state index in [0.717, 1.165) is 18.4 Å². The molecule has 0 atom stereocenters. The Hall–Kier alpha value is -2.35. The Morgan fingerprint density at radius 1 is 1.23 bits per heavy atom. The normalized spacial score (nSPS) is 18.7. The maximum absolute atomic E-state index is 14.4. The molecule has 3 rings (SSSR count). The molecule has 0 spiro atoms. The van der Waals surface area contributed by atoms with Gasteiger partial charge >= 0.3 is 12.1 Å². The van der Waals surface area contributed by atoms with Crippen molar-refractivity contribution >= 4 is 12.1 Å². The molecule has 0 aromatic heterocycles. The number of piperidine rings is 1. The van der Waals surface area contributed by atoms with Gasteiger partial charge in [-0.2, -0.15) is 0 Å². The second-order valence-corrected chi connectivity index (χ2v) is 9.12. The highest BCUT2D eigenvalue weighted by atomic mass is 19.1. The fourth-order valence-electron chi connectivity index (χ4n) is 3.46. The van der Waals surface area contributed by atoms with E-state index in [1.54, 1.807) is 25.7 Å². The highest BCUT2D eigenvalue weighted by Gasteiger charge is 2.37. The Morgan fingerprint density at radius 3 is 2.40 bits per heavy atom. The van der Waals surface area contributed by atoms with Gasteiger partial charge in [-0.05, 0) is 64.0 Å². The van der Waals surface area contributed by atoms with Crippen LogP contribution in [0, 0.1) is 5.82 Å². The first-order valence-electron chi connectivity index (χ1n) is 10.3. The largest absolute Gasteiger partial charge is 0.490 e. The van der Waals surface area contributed by atoms with Gasteiger partial charge in [0.15, 0.2) is 0 Å². The number of likely N-dealkylation sites (tertiary alicyclic amines) is 1. The highest BCUT2D eigenvalue weighted by Crippen LogP contribution is 2.45. The fraction of sp³-hybridized carbons (Fsp3) is 0.636. The molecule has 2 aliphatic rings. The molecular weight excluding hydrogens is 393 g/mol. The SMILES string of the molecule is COC(=O)c1cc(C2CC2)c(OCC2(O)CCN(C(=O)OC(C)(C)C)CC2)cc1F. The lowest BCUT2D eigenvalue weighted by atomic mass is 9.92. The number of carbonyl (C=O) groups excluding carboxylic acids is 2. The number of nitrogens with zero attached hydrogens (tertiary/aromatic N) is 1. The van der Waals surface area contributed by atoms with Crippen LogP contribution in [0.15, 0.2) is 12.1 Å². The van der Waals surface area contributed by atoms with Crippen molar-refractivity contribution in [2.45, 2.75) is 63.6 Å². The number of rotatable bonds is 5. The number of amides is 1. The van der Waals surface area contributed by atoms with E-state index in [1.807, 2.05) is 0 Å². The summed E-state index contributed by atoms with van der Waals surface area (Å²) in [7, 11) is 1.21. The smallest absolute Gasteiger partial charge is 0.410 e. The molecule has 1 aliphatic heterocycles. The van der Waals surface area contributed by atoms with Gasteiger partial charge in [0, 0.05) is 19.2 Å². The van der Waals surface area contributed by atoms with Crippen LogP contribution in [0.4, 0.5) is 9.18 Å². The number of ether oxygens (including phenoxy) is 3. The van der Waals surface area contributed by atoms with Crippen LogP contribution in [0.25, 0.3) is 0 Å². The zero-order valence-electron chi connectivity index (χ0n) is 18.0. The first-order valence-corrected chi connectivity index (χ1v) is 10.3. The molecule has 2 fully saturated rings. The van der Waals surface area contributed by atoms with Crippen molar-refractivity contribution in [1.82, 2.24) is 4.90 Å². The molecule has 30 heavy (non-hydrogen) atoms. The maximum atomic E-state index is 14.4. The van der Waals surface area contributed by atoms with Crippen molar-refractivity contribution in [3.8, 4) is 5.75 Å². The number of aliphatic hydroxyl groups is 1. The molecular formula is C22H30FNO6. The molecule has 7 nitrogen and oxygen atoms in total. The second kappa shape index (κ2) is 8.41. The minimum absolute atomic E-state index is 0.0219. The lowest BCUT2D eigenvalue weighted by molar-refractivity contribution is -0.0563. The predicted molar refractivity (Wildman–Crippen MR) is 107 cm³/mol. The zero-order valence-corrected chi connectivity index (χ0v) is 18.0. The monoisotopic (exact) mass is 423 g/mol. The Morgan fingerprint density at radius 2 is 1.87 bits per heavy atom. The number of benzene rings is 1. The van der Waals surface area contributed by atoms with Gasteiger partial charge in [-0.1, -0.05) is 0 Å². The third-order valence-electron chi connectivity index (χ3n) is 5.36. The van der Waals surface area contributed by atoms with Crippen LogP contribution in [0.3, 0.4) is 0 Å². The lowest BCUT2D eigenvalue weighted by Crippen LogP contribution is -2.50. The molecule has 1 saturated heterocycles. The van der Waals surface area contributed by atoms with Gasteiger partial charge < -0.3 is 24.2 Å². The highest BCUT2D eigenvalue weighted by molar-refractivity contribution is 5.90. The van der Waals surface area contributed by atoms with E-state index in [-0.39, 0.29) is 18.1 Å². The van der Waals surface area contributed by atoms with E-state index in [9.17, 15) is 19.1 Å². The molecule has 1 aliphatic carbocycles. The summed E-state index contributed by atoms with van der Waals surface area (Å²) >= 11 is 0. The Balaban J connectivity index is 1.64. The molecule has 0 radical (unpaired) electrons. The van der Waals surface area contributed by atoms with Crippen LogP contribution in [-0.4, -0.2) is 60.1 Å². The van der Waals surface area contributed by atoms with E-state index in [1.165, 1.54) is 19.2 Å². The summed E-state index contributed by atoms with van der Waals surface area (Å²) in [4.78, 5) is 25.5. The van der Waals surface area contributed by atoms with Crippen LogP contribution >= 0.6 is 0 Å². The van der Waals surface area contributed by atoms with Gasteiger partial charge in [0.2, 0.25) is 0 Å². The molecule has 1 aromatic carbocycles. The number of methoxy groups -OCH3 is 1. The van der Waals surface area contributed by atoms with E-state index >= 15 is 0 Å². The summed E-state index contributed by atoms with van der Waals surface area (Å²) in [5, 5.41) is 10.9. The number of hydrogen-bond donors (Lipinski definition) is 1. The molecule has 1 N–H and O–H groups in total. The van der Waals surface area contributed by atoms with Crippen molar-refractivity contribution in [1.29, 1.82) is 0 Å². The van der Waals surface area contributed by atoms with Crippen molar-refractivity contribution in [3.63, 3.8) is 0 Å². The molecule has 166 valence electrons. The first kappa shape index (κ1) is 22.3. The second-order valence-electron chi connectivity index (χ2n) is 9.12. The van der Waals surface area contributed by atoms with Gasteiger partial charge in [-0.15, -0.1) is 0 Å². The average Bonchev–Trinajstić information content (AvgIpc) is 3.50. The van der Waals surface area contributed by atoms with Crippen LogP contribution in [0.5, 0.6) is 5.75 Å². The Bertz CT molecular complexity index is 807. The molecule has 0 bridgehead atoms. The van der Waals surface area contributed by atoms with Gasteiger partial charge in [0.1, 0.15) is 29.4 Å². The van der Waals surface area contributed by atoms with Crippen molar-refractivity contribution < 1.29 is 33.3 Å². The standard InChI is InChI=1S/C22H30FNO6/c1-21(2,3)30-20(26)24-9-7-22(27,8-10-24)13-29-18-12-17(23)16(19(25)28-4)11-15(18)14-5-6-14/h11-12,14,27H,5-10,13H2,1-4H3. The summed E-state index contributed by atoms with van der Waals surface area (Å²) in [6, 6.07) is 2.68. The number of esters is 1. The van der Waals surface area contributed by atoms with E-state index in [0.29, 0.717) is 31.7 Å². The summed E-state index contributed by atoms with van der Waals surface area (Å²) < 4.78 is 30.2. The number of halogens is 1.